The van der Waals surface area contributed by atoms with Crippen molar-refractivity contribution in [1.82, 2.24) is 15.6 Å². The Morgan fingerprint density at radius 3 is 2.73 bits per heavy atom. The Labute approximate surface area is 177 Å². The van der Waals surface area contributed by atoms with Gasteiger partial charge >= 0.3 is 0 Å². The van der Waals surface area contributed by atoms with Crippen molar-refractivity contribution >= 4 is 47.0 Å². The monoisotopic (exact) mass is 485 g/mol. The van der Waals surface area contributed by atoms with Gasteiger partial charge in [-0.1, -0.05) is 17.7 Å². The Morgan fingerprint density at radius 2 is 2.08 bits per heavy atom. The zero-order valence-electron chi connectivity index (χ0n) is 15.7. The first-order valence-electron chi connectivity index (χ1n) is 8.92. The maximum atomic E-state index is 4.72. The number of benzene rings is 1. The first-order valence-corrected chi connectivity index (χ1v) is 9.73. The summed E-state index contributed by atoms with van der Waals surface area (Å²) in [5, 5.41) is 8.03. The summed E-state index contributed by atoms with van der Waals surface area (Å²) in [6.45, 7) is 9.88. The molecule has 5 nitrogen and oxygen atoms in total. The molecular weight excluding hydrogens is 457 g/mol. The molecule has 1 aliphatic heterocycles. The van der Waals surface area contributed by atoms with Crippen LogP contribution in [-0.4, -0.2) is 36.6 Å². The summed E-state index contributed by atoms with van der Waals surface area (Å²) in [5.41, 5.74) is 2.61. The number of aliphatic imine (C=N–C) groups is 1. The molecule has 1 aromatic heterocycles. The lowest BCUT2D eigenvalue weighted by Crippen LogP contribution is -2.44. The van der Waals surface area contributed by atoms with E-state index in [0.717, 1.165) is 37.0 Å². The number of guanidine groups is 1. The molecule has 7 heteroatoms. The fourth-order valence-corrected chi connectivity index (χ4v) is 3.74. The van der Waals surface area contributed by atoms with Crippen LogP contribution < -0.4 is 15.5 Å². The highest BCUT2D eigenvalue weighted by Crippen LogP contribution is 2.20. The van der Waals surface area contributed by atoms with Crippen LogP contribution in [0.1, 0.15) is 28.8 Å². The minimum Gasteiger partial charge on any atom is -0.369 e. The van der Waals surface area contributed by atoms with Crippen LogP contribution in [0.3, 0.4) is 0 Å². The van der Waals surface area contributed by atoms with Crippen LogP contribution in [0.5, 0.6) is 0 Å². The summed E-state index contributed by atoms with van der Waals surface area (Å²) >= 11 is 1.71. The highest BCUT2D eigenvalue weighted by atomic mass is 127. The van der Waals surface area contributed by atoms with Gasteiger partial charge in [0.2, 0.25) is 0 Å². The Hall–Kier alpha value is -1.35. The van der Waals surface area contributed by atoms with Crippen LogP contribution in [0.25, 0.3) is 0 Å². The smallest absolute Gasteiger partial charge is 0.191 e. The van der Waals surface area contributed by atoms with Crippen molar-refractivity contribution in [3.63, 3.8) is 0 Å². The largest absolute Gasteiger partial charge is 0.369 e. The summed E-state index contributed by atoms with van der Waals surface area (Å²) in [5.74, 6) is 0.893. The topological polar surface area (TPSA) is 52.6 Å². The molecule has 0 spiro atoms. The standard InChI is InChI=1S/C19H27N5S.HI/c1-4-20-19(22-12-18-11-21-15(3)25-18)23-16-9-10-24(13-16)17-7-5-14(2)6-8-17;/h5-8,11,16H,4,9-10,12-13H2,1-3H3,(H2,20,22,23);1H. The summed E-state index contributed by atoms with van der Waals surface area (Å²) in [7, 11) is 0. The molecule has 1 aromatic carbocycles. The number of nitrogens with one attached hydrogen (secondary N) is 2. The second kappa shape index (κ2) is 10.1. The van der Waals surface area contributed by atoms with Crippen LogP contribution in [0.4, 0.5) is 5.69 Å². The van der Waals surface area contributed by atoms with Gasteiger partial charge < -0.3 is 15.5 Å². The van der Waals surface area contributed by atoms with Gasteiger partial charge in [-0.15, -0.1) is 35.3 Å². The molecule has 3 rings (SSSR count). The van der Waals surface area contributed by atoms with Crippen molar-refractivity contribution in [2.24, 2.45) is 4.99 Å². The van der Waals surface area contributed by atoms with Gasteiger partial charge in [0.15, 0.2) is 5.96 Å². The number of aromatic nitrogens is 1. The zero-order chi connectivity index (χ0) is 17.6. The number of aryl methyl sites for hydroxylation is 2. The number of anilines is 1. The molecule has 1 aliphatic rings. The first-order chi connectivity index (χ1) is 12.1. The normalized spacial score (nSPS) is 17.1. The number of halogens is 1. The van der Waals surface area contributed by atoms with Crippen molar-refractivity contribution in [2.45, 2.75) is 39.8 Å². The summed E-state index contributed by atoms with van der Waals surface area (Å²) in [6.07, 6.45) is 3.04. The number of rotatable bonds is 5. The van der Waals surface area contributed by atoms with Crippen LogP contribution in [-0.2, 0) is 6.54 Å². The maximum Gasteiger partial charge on any atom is 0.191 e. The van der Waals surface area contributed by atoms with E-state index in [0.29, 0.717) is 12.6 Å². The third kappa shape index (κ3) is 5.84. The SMILES string of the molecule is CCNC(=NCc1cnc(C)s1)NC1CCN(c2ccc(C)cc2)C1.I. The summed E-state index contributed by atoms with van der Waals surface area (Å²) in [4.78, 5) is 12.6. The second-order valence-electron chi connectivity index (χ2n) is 6.45. The molecule has 0 saturated carbocycles. The van der Waals surface area contributed by atoms with Gasteiger partial charge in [0.1, 0.15) is 0 Å². The Kier molecular flexibility index (Phi) is 8.15. The van der Waals surface area contributed by atoms with Gasteiger partial charge in [-0.25, -0.2) is 9.98 Å². The summed E-state index contributed by atoms with van der Waals surface area (Å²) < 4.78 is 0. The Balaban J connectivity index is 0.00000243. The molecule has 1 saturated heterocycles. The highest BCUT2D eigenvalue weighted by molar-refractivity contribution is 14.0. The van der Waals surface area contributed by atoms with E-state index in [1.807, 2.05) is 13.1 Å². The van der Waals surface area contributed by atoms with Crippen LogP contribution >= 0.6 is 35.3 Å². The molecule has 2 N–H and O–H groups in total. The first kappa shape index (κ1) is 21.0. The second-order valence-corrected chi connectivity index (χ2v) is 7.77. The minimum atomic E-state index is 0. The third-order valence-electron chi connectivity index (χ3n) is 4.33. The zero-order valence-corrected chi connectivity index (χ0v) is 18.8. The molecule has 0 amide bonds. The van der Waals surface area contributed by atoms with E-state index in [4.69, 9.17) is 4.99 Å². The molecule has 2 aromatic rings. The molecule has 1 atom stereocenters. The number of thiazole rings is 1. The lowest BCUT2D eigenvalue weighted by molar-refractivity contribution is 0.649. The highest BCUT2D eigenvalue weighted by Gasteiger charge is 2.23. The van der Waals surface area contributed by atoms with E-state index in [1.54, 1.807) is 11.3 Å². The van der Waals surface area contributed by atoms with Crippen molar-refractivity contribution in [3.8, 4) is 0 Å². The van der Waals surface area contributed by atoms with Crippen LogP contribution in [0, 0.1) is 13.8 Å². The molecule has 142 valence electrons. The van der Waals surface area contributed by atoms with E-state index < -0.39 is 0 Å². The molecule has 2 heterocycles. The number of hydrogen-bond donors (Lipinski definition) is 2. The number of nitrogens with zero attached hydrogens (tertiary/aromatic N) is 3. The molecule has 0 radical (unpaired) electrons. The van der Waals surface area contributed by atoms with Crippen molar-refractivity contribution in [1.29, 1.82) is 0 Å². The molecule has 1 fully saturated rings. The van der Waals surface area contributed by atoms with Gasteiger partial charge in [-0.05, 0) is 39.3 Å². The van der Waals surface area contributed by atoms with Crippen molar-refractivity contribution < 1.29 is 0 Å². The molecule has 0 bridgehead atoms. The van der Waals surface area contributed by atoms with Crippen LogP contribution in [0.2, 0.25) is 0 Å². The van der Waals surface area contributed by atoms with Gasteiger partial charge in [0.25, 0.3) is 0 Å². The maximum absolute atomic E-state index is 4.72. The van der Waals surface area contributed by atoms with E-state index in [2.05, 4.69) is 58.6 Å². The van der Waals surface area contributed by atoms with E-state index in [-0.39, 0.29) is 24.0 Å². The van der Waals surface area contributed by atoms with Crippen molar-refractivity contribution in [2.75, 3.05) is 24.5 Å². The Bertz CT molecular complexity index is 713. The van der Waals surface area contributed by atoms with Crippen molar-refractivity contribution in [3.05, 3.63) is 45.9 Å². The van der Waals surface area contributed by atoms with E-state index in [1.165, 1.54) is 16.1 Å². The van der Waals surface area contributed by atoms with E-state index in [9.17, 15) is 0 Å². The van der Waals surface area contributed by atoms with Gasteiger partial charge in [0, 0.05) is 42.4 Å². The van der Waals surface area contributed by atoms with E-state index >= 15 is 0 Å². The van der Waals surface area contributed by atoms with Gasteiger partial charge in [0.05, 0.1) is 11.6 Å². The molecule has 26 heavy (non-hydrogen) atoms. The quantitative estimate of drug-likeness (QED) is 0.385. The Morgan fingerprint density at radius 1 is 1.31 bits per heavy atom. The van der Waals surface area contributed by atoms with Crippen LogP contribution in [0.15, 0.2) is 35.5 Å². The molecular formula is C19H28IN5S. The molecule has 0 aliphatic carbocycles. The minimum absolute atomic E-state index is 0. The fourth-order valence-electron chi connectivity index (χ4n) is 3.02. The molecule has 1 unspecified atom stereocenters. The summed E-state index contributed by atoms with van der Waals surface area (Å²) in [6, 6.07) is 9.20. The lowest BCUT2D eigenvalue weighted by Gasteiger charge is -2.20. The average Bonchev–Trinajstić information content (AvgIpc) is 3.23. The predicted octanol–water partition coefficient (Wildman–Crippen LogP) is 3.71. The van der Waals surface area contributed by atoms with Gasteiger partial charge in [-0.3, -0.25) is 0 Å². The predicted molar refractivity (Wildman–Crippen MR) is 122 cm³/mol. The van der Waals surface area contributed by atoms with Gasteiger partial charge in [-0.2, -0.15) is 0 Å². The fraction of sp³-hybridized carbons (Fsp3) is 0.474. The third-order valence-corrected chi connectivity index (χ3v) is 5.23. The average molecular weight is 485 g/mol. The number of hydrogen-bond acceptors (Lipinski definition) is 4. The lowest BCUT2D eigenvalue weighted by atomic mass is 10.2.